The number of nitrogens with one attached hydrogen (secondary N) is 1. The van der Waals surface area contributed by atoms with Crippen molar-refractivity contribution in [1.29, 1.82) is 0 Å². The lowest BCUT2D eigenvalue weighted by Crippen LogP contribution is -2.49. The van der Waals surface area contributed by atoms with Gasteiger partial charge in [-0.05, 0) is 24.8 Å². The highest BCUT2D eigenvalue weighted by Gasteiger charge is 2.35. The first-order chi connectivity index (χ1) is 11.4. The second-order valence-electron chi connectivity index (χ2n) is 6.16. The number of carbonyl (C=O) groups is 2. The molecule has 0 spiro atoms. The number of amides is 1. The standard InChI is InChI=1S/C16H17N3O5/c1-9-5-6-18(13(7-9)16(21)22)15(20)11-8-10-3-2-4-12(19(23)24)14(10)17-11/h2-4,8-9,13,17H,5-7H2,1H3,(H,21,22). The van der Waals surface area contributed by atoms with E-state index < -0.39 is 22.8 Å². The maximum absolute atomic E-state index is 12.7. The summed E-state index contributed by atoms with van der Waals surface area (Å²) in [6.07, 6.45) is 1.14. The molecule has 0 saturated carbocycles. The number of nitrogens with zero attached hydrogens (tertiary/aromatic N) is 2. The van der Waals surface area contributed by atoms with Crippen molar-refractivity contribution in [2.45, 2.75) is 25.8 Å². The molecule has 3 rings (SSSR count). The van der Waals surface area contributed by atoms with Gasteiger partial charge in [0.1, 0.15) is 17.3 Å². The molecule has 2 N–H and O–H groups in total. The number of rotatable bonds is 3. The van der Waals surface area contributed by atoms with E-state index in [0.717, 1.165) is 6.42 Å². The number of likely N-dealkylation sites (tertiary alicyclic amines) is 1. The first-order valence-electron chi connectivity index (χ1n) is 7.68. The molecule has 1 saturated heterocycles. The number of aromatic amines is 1. The second-order valence-corrected chi connectivity index (χ2v) is 6.16. The molecule has 2 atom stereocenters. The van der Waals surface area contributed by atoms with Gasteiger partial charge in [0.25, 0.3) is 11.6 Å². The fourth-order valence-electron chi connectivity index (χ4n) is 3.18. The number of benzene rings is 1. The SMILES string of the molecule is CC1CCN(C(=O)c2cc3cccc([N+](=O)[O-])c3[nH]2)C(C(=O)O)C1. The molecule has 2 aromatic rings. The Morgan fingerprint density at radius 2 is 2.17 bits per heavy atom. The molecule has 2 unspecified atom stereocenters. The van der Waals surface area contributed by atoms with Gasteiger partial charge in [0.15, 0.2) is 0 Å². The van der Waals surface area contributed by atoms with E-state index in [1.807, 2.05) is 6.92 Å². The molecule has 1 amide bonds. The molecule has 0 aliphatic carbocycles. The van der Waals surface area contributed by atoms with Gasteiger partial charge in [-0.25, -0.2) is 4.79 Å². The Balaban J connectivity index is 1.97. The average Bonchev–Trinajstić information content (AvgIpc) is 2.97. The van der Waals surface area contributed by atoms with Gasteiger partial charge >= 0.3 is 5.97 Å². The van der Waals surface area contributed by atoms with Crippen LogP contribution in [-0.4, -0.2) is 44.4 Å². The molecule has 1 aromatic carbocycles. The van der Waals surface area contributed by atoms with Crippen molar-refractivity contribution < 1.29 is 19.6 Å². The Kier molecular flexibility index (Phi) is 3.96. The van der Waals surface area contributed by atoms with Crippen molar-refractivity contribution in [3.8, 4) is 0 Å². The van der Waals surface area contributed by atoms with E-state index in [9.17, 15) is 24.8 Å². The summed E-state index contributed by atoms with van der Waals surface area (Å²) >= 11 is 0. The maximum Gasteiger partial charge on any atom is 0.326 e. The lowest BCUT2D eigenvalue weighted by Gasteiger charge is -2.35. The van der Waals surface area contributed by atoms with Crippen molar-refractivity contribution in [2.24, 2.45) is 5.92 Å². The molecular weight excluding hydrogens is 314 g/mol. The Morgan fingerprint density at radius 3 is 2.83 bits per heavy atom. The number of carboxylic acids is 1. The Morgan fingerprint density at radius 1 is 1.42 bits per heavy atom. The van der Waals surface area contributed by atoms with Gasteiger partial charge in [-0.2, -0.15) is 0 Å². The van der Waals surface area contributed by atoms with Gasteiger partial charge in [0.05, 0.1) is 4.92 Å². The number of para-hydroxylation sites is 1. The van der Waals surface area contributed by atoms with E-state index in [-0.39, 0.29) is 22.8 Å². The molecule has 1 fully saturated rings. The van der Waals surface area contributed by atoms with Gasteiger partial charge in [0.2, 0.25) is 0 Å². The number of H-pyrrole nitrogens is 1. The number of nitro benzene ring substituents is 1. The minimum Gasteiger partial charge on any atom is -0.480 e. The molecule has 8 heteroatoms. The minimum atomic E-state index is -1.03. The highest BCUT2D eigenvalue weighted by Crippen LogP contribution is 2.28. The van der Waals surface area contributed by atoms with E-state index in [4.69, 9.17) is 0 Å². The molecule has 1 aliphatic rings. The fourth-order valence-corrected chi connectivity index (χ4v) is 3.18. The summed E-state index contributed by atoms with van der Waals surface area (Å²) in [4.78, 5) is 38.9. The van der Waals surface area contributed by atoms with Crippen LogP contribution in [0.25, 0.3) is 10.9 Å². The monoisotopic (exact) mass is 331 g/mol. The van der Waals surface area contributed by atoms with Crippen molar-refractivity contribution in [3.63, 3.8) is 0 Å². The number of hydrogen-bond acceptors (Lipinski definition) is 4. The van der Waals surface area contributed by atoms with Crippen molar-refractivity contribution >= 4 is 28.5 Å². The van der Waals surface area contributed by atoms with Gasteiger partial charge < -0.3 is 15.0 Å². The average molecular weight is 331 g/mol. The first-order valence-corrected chi connectivity index (χ1v) is 7.68. The largest absolute Gasteiger partial charge is 0.480 e. The highest BCUT2D eigenvalue weighted by molar-refractivity contribution is 6.01. The fraction of sp³-hybridized carbons (Fsp3) is 0.375. The van der Waals surface area contributed by atoms with Gasteiger partial charge in [-0.3, -0.25) is 14.9 Å². The van der Waals surface area contributed by atoms with Crippen LogP contribution < -0.4 is 0 Å². The zero-order valence-electron chi connectivity index (χ0n) is 13.1. The van der Waals surface area contributed by atoms with Crippen LogP contribution in [0.2, 0.25) is 0 Å². The summed E-state index contributed by atoms with van der Waals surface area (Å²) in [6.45, 7) is 2.32. The molecule has 126 valence electrons. The number of aromatic nitrogens is 1. The third kappa shape index (κ3) is 2.70. The summed E-state index contributed by atoms with van der Waals surface area (Å²) in [5, 5.41) is 21.0. The van der Waals surface area contributed by atoms with E-state index in [2.05, 4.69) is 4.98 Å². The maximum atomic E-state index is 12.7. The smallest absolute Gasteiger partial charge is 0.326 e. The predicted molar refractivity (Wildman–Crippen MR) is 85.8 cm³/mol. The van der Waals surface area contributed by atoms with Crippen LogP contribution in [0.3, 0.4) is 0 Å². The molecule has 0 radical (unpaired) electrons. The van der Waals surface area contributed by atoms with Crippen LogP contribution in [0.15, 0.2) is 24.3 Å². The Labute approximate surface area is 137 Å². The third-order valence-corrected chi connectivity index (χ3v) is 4.47. The molecule has 2 heterocycles. The van der Waals surface area contributed by atoms with Crippen LogP contribution >= 0.6 is 0 Å². The summed E-state index contributed by atoms with van der Waals surface area (Å²) in [5.41, 5.74) is 0.316. The lowest BCUT2D eigenvalue weighted by molar-refractivity contribution is -0.383. The Bertz CT molecular complexity index is 828. The third-order valence-electron chi connectivity index (χ3n) is 4.47. The van der Waals surface area contributed by atoms with Crippen molar-refractivity contribution in [1.82, 2.24) is 9.88 Å². The van der Waals surface area contributed by atoms with E-state index in [1.165, 1.54) is 17.0 Å². The van der Waals surface area contributed by atoms with Crippen LogP contribution in [0.4, 0.5) is 5.69 Å². The second kappa shape index (κ2) is 5.95. The number of nitro groups is 1. The number of aliphatic carboxylic acids is 1. The first kappa shape index (κ1) is 16.0. The Hall–Kier alpha value is -2.90. The number of hydrogen-bond donors (Lipinski definition) is 2. The van der Waals surface area contributed by atoms with Gasteiger partial charge in [-0.1, -0.05) is 19.1 Å². The topological polar surface area (TPSA) is 117 Å². The van der Waals surface area contributed by atoms with Crippen LogP contribution in [0.5, 0.6) is 0 Å². The van der Waals surface area contributed by atoms with Crippen LogP contribution in [0.1, 0.15) is 30.3 Å². The predicted octanol–water partition coefficient (Wildman–Crippen LogP) is 2.40. The summed E-state index contributed by atoms with van der Waals surface area (Å²) in [5.74, 6) is -1.24. The summed E-state index contributed by atoms with van der Waals surface area (Å²) in [7, 11) is 0. The number of piperidine rings is 1. The quantitative estimate of drug-likeness (QED) is 0.661. The number of carbonyl (C=O) groups excluding carboxylic acids is 1. The molecule has 24 heavy (non-hydrogen) atoms. The molecule has 1 aromatic heterocycles. The van der Waals surface area contributed by atoms with E-state index in [0.29, 0.717) is 18.4 Å². The summed E-state index contributed by atoms with van der Waals surface area (Å²) in [6, 6.07) is 5.23. The molecular formula is C16H17N3O5. The van der Waals surface area contributed by atoms with Crippen LogP contribution in [-0.2, 0) is 4.79 Å². The summed E-state index contributed by atoms with van der Waals surface area (Å²) < 4.78 is 0. The van der Waals surface area contributed by atoms with Gasteiger partial charge in [0, 0.05) is 18.0 Å². The normalized spacial score (nSPS) is 21.0. The number of fused-ring (bicyclic) bond motifs is 1. The minimum absolute atomic E-state index is 0.117. The number of carboxylic acid groups (broad SMARTS) is 1. The van der Waals surface area contributed by atoms with E-state index >= 15 is 0 Å². The lowest BCUT2D eigenvalue weighted by atomic mass is 9.92. The molecule has 8 nitrogen and oxygen atoms in total. The van der Waals surface area contributed by atoms with Crippen LogP contribution in [0, 0.1) is 16.0 Å². The highest BCUT2D eigenvalue weighted by atomic mass is 16.6. The van der Waals surface area contributed by atoms with E-state index in [1.54, 1.807) is 12.1 Å². The van der Waals surface area contributed by atoms with Crippen molar-refractivity contribution in [2.75, 3.05) is 6.54 Å². The zero-order chi connectivity index (χ0) is 17.4. The molecule has 0 bridgehead atoms. The van der Waals surface area contributed by atoms with Crippen molar-refractivity contribution in [3.05, 3.63) is 40.1 Å². The molecule has 1 aliphatic heterocycles. The van der Waals surface area contributed by atoms with Gasteiger partial charge in [-0.15, -0.1) is 0 Å². The zero-order valence-corrected chi connectivity index (χ0v) is 13.1. The number of non-ortho nitro benzene ring substituents is 1.